The molecule has 7 heavy (non-hydrogen) atoms. The van der Waals surface area contributed by atoms with Gasteiger partial charge in [-0.2, -0.15) is 12.6 Å². The maximum absolute atomic E-state index is 4.12. The molecule has 0 aliphatic carbocycles. The van der Waals surface area contributed by atoms with E-state index < -0.39 is 0 Å². The van der Waals surface area contributed by atoms with Crippen molar-refractivity contribution in [2.24, 2.45) is 5.92 Å². The largest absolute Gasteiger partial charge is 0.179 e. The van der Waals surface area contributed by atoms with E-state index >= 15 is 0 Å². The molecule has 0 rings (SSSR count). The molecule has 0 aromatic carbocycles. The maximum atomic E-state index is 4.12. The lowest BCUT2D eigenvalue weighted by Gasteiger charge is -2.01. The molecule has 0 amide bonds. The zero-order valence-corrected chi connectivity index (χ0v) is 5.75. The van der Waals surface area contributed by atoms with Gasteiger partial charge in [-0.05, 0) is 18.1 Å². The van der Waals surface area contributed by atoms with E-state index in [1.165, 1.54) is 6.42 Å². The van der Waals surface area contributed by atoms with Crippen molar-refractivity contribution >= 4 is 12.6 Å². The summed E-state index contributed by atoms with van der Waals surface area (Å²) in [6, 6.07) is 0. The van der Waals surface area contributed by atoms with Gasteiger partial charge in [-0.3, -0.25) is 0 Å². The molecular formula is C6H13S. The second kappa shape index (κ2) is 4.51. The van der Waals surface area contributed by atoms with E-state index in [4.69, 9.17) is 0 Å². The van der Waals surface area contributed by atoms with Gasteiger partial charge >= 0.3 is 0 Å². The van der Waals surface area contributed by atoms with Gasteiger partial charge in [0.15, 0.2) is 0 Å². The molecule has 0 heterocycles. The van der Waals surface area contributed by atoms with Crippen LogP contribution in [-0.2, 0) is 0 Å². The molecule has 0 aliphatic rings. The fourth-order valence-corrected chi connectivity index (χ4v) is 0.622. The zero-order valence-electron chi connectivity index (χ0n) is 4.85. The van der Waals surface area contributed by atoms with Gasteiger partial charge in [-0.15, -0.1) is 0 Å². The lowest BCUT2D eigenvalue weighted by atomic mass is 10.1. The molecule has 0 bridgehead atoms. The summed E-state index contributed by atoms with van der Waals surface area (Å²) in [5.74, 6) is 1.75. The zero-order chi connectivity index (χ0) is 5.70. The van der Waals surface area contributed by atoms with Crippen LogP contribution in [0, 0.1) is 12.8 Å². The van der Waals surface area contributed by atoms with E-state index in [2.05, 4.69) is 26.5 Å². The van der Waals surface area contributed by atoms with Gasteiger partial charge in [0.2, 0.25) is 0 Å². The summed E-state index contributed by atoms with van der Waals surface area (Å²) in [5, 5.41) is 0. The first kappa shape index (κ1) is 7.35. The molecule has 0 spiro atoms. The molecule has 0 saturated heterocycles. The molecule has 1 atom stereocenters. The molecule has 1 heteroatoms. The second-order valence-corrected chi connectivity index (χ2v) is 2.30. The average Bonchev–Trinajstić information content (AvgIpc) is 1.68. The van der Waals surface area contributed by atoms with Gasteiger partial charge in [-0.1, -0.05) is 20.3 Å². The Labute approximate surface area is 51.7 Å². The Bertz CT molecular complexity index is 35.2. The summed E-state index contributed by atoms with van der Waals surface area (Å²) in [6.45, 7) is 5.93. The summed E-state index contributed by atoms with van der Waals surface area (Å²) in [7, 11) is 0. The Balaban J connectivity index is 2.83. The van der Waals surface area contributed by atoms with Crippen LogP contribution < -0.4 is 0 Å². The highest BCUT2D eigenvalue weighted by Crippen LogP contribution is 2.04. The minimum absolute atomic E-state index is 0.751. The Morgan fingerprint density at radius 1 is 1.71 bits per heavy atom. The lowest BCUT2D eigenvalue weighted by molar-refractivity contribution is 0.604. The van der Waals surface area contributed by atoms with E-state index in [9.17, 15) is 0 Å². The third-order valence-corrected chi connectivity index (χ3v) is 1.63. The molecule has 43 valence electrons. The third kappa shape index (κ3) is 4.20. The summed E-state index contributed by atoms with van der Waals surface area (Å²) >= 11 is 4.12. The van der Waals surface area contributed by atoms with Crippen LogP contribution in [0.2, 0.25) is 0 Å². The lowest BCUT2D eigenvalue weighted by Crippen LogP contribution is -1.93. The Kier molecular flexibility index (Phi) is 4.73. The predicted molar refractivity (Wildman–Crippen MR) is 37.6 cm³/mol. The van der Waals surface area contributed by atoms with Crippen molar-refractivity contribution in [3.8, 4) is 0 Å². The minimum Gasteiger partial charge on any atom is -0.179 e. The van der Waals surface area contributed by atoms with Crippen LogP contribution in [-0.4, -0.2) is 5.75 Å². The van der Waals surface area contributed by atoms with Crippen LogP contribution >= 0.6 is 12.6 Å². The molecule has 0 nitrogen and oxygen atoms in total. The number of hydrogen-bond acceptors (Lipinski definition) is 1. The maximum Gasteiger partial charge on any atom is -0.00721 e. The van der Waals surface area contributed by atoms with Crippen LogP contribution in [0.3, 0.4) is 0 Å². The van der Waals surface area contributed by atoms with Crippen molar-refractivity contribution in [3.63, 3.8) is 0 Å². The van der Waals surface area contributed by atoms with Crippen molar-refractivity contribution in [3.05, 3.63) is 6.92 Å². The average molecular weight is 117 g/mol. The molecule has 1 radical (unpaired) electrons. The highest BCUT2D eigenvalue weighted by Gasteiger charge is 1.93. The predicted octanol–water partition coefficient (Wildman–Crippen LogP) is 2.17. The van der Waals surface area contributed by atoms with Crippen molar-refractivity contribution in [1.82, 2.24) is 0 Å². The van der Waals surface area contributed by atoms with Gasteiger partial charge in [-0.25, -0.2) is 0 Å². The molecule has 0 aromatic heterocycles. The quantitative estimate of drug-likeness (QED) is 0.538. The Morgan fingerprint density at radius 2 is 2.29 bits per heavy atom. The molecule has 0 aromatic rings. The van der Waals surface area contributed by atoms with Crippen LogP contribution in [0.4, 0.5) is 0 Å². The van der Waals surface area contributed by atoms with Crippen molar-refractivity contribution in [2.75, 3.05) is 5.75 Å². The Hall–Kier alpha value is 0.350. The van der Waals surface area contributed by atoms with Gasteiger partial charge in [0.05, 0.1) is 0 Å². The van der Waals surface area contributed by atoms with Crippen molar-refractivity contribution < 1.29 is 0 Å². The summed E-state index contributed by atoms with van der Waals surface area (Å²) in [6.07, 6.45) is 2.26. The van der Waals surface area contributed by atoms with Crippen LogP contribution in [0.5, 0.6) is 0 Å². The molecule has 0 aliphatic heterocycles. The van der Waals surface area contributed by atoms with Gasteiger partial charge in [0, 0.05) is 0 Å². The SMILES string of the molecule is [CH2]CCC(C)CS. The van der Waals surface area contributed by atoms with Crippen LogP contribution in [0.15, 0.2) is 0 Å². The molecule has 1 unspecified atom stereocenters. The molecule has 0 fully saturated rings. The number of thiol groups is 1. The van der Waals surface area contributed by atoms with E-state index in [1.54, 1.807) is 0 Å². The standard InChI is InChI=1S/C6H13S/c1-3-4-6(2)5-7/h6-7H,1,3-5H2,2H3. The van der Waals surface area contributed by atoms with Crippen molar-refractivity contribution in [1.29, 1.82) is 0 Å². The monoisotopic (exact) mass is 117 g/mol. The van der Waals surface area contributed by atoms with Gasteiger partial charge in [0.1, 0.15) is 0 Å². The Morgan fingerprint density at radius 3 is 2.43 bits per heavy atom. The highest BCUT2D eigenvalue weighted by atomic mass is 32.1. The fourth-order valence-electron chi connectivity index (χ4n) is 0.440. The first-order chi connectivity index (χ1) is 3.31. The molecular weight excluding hydrogens is 104 g/mol. The van der Waals surface area contributed by atoms with Gasteiger partial charge < -0.3 is 0 Å². The van der Waals surface area contributed by atoms with E-state index in [0.717, 1.165) is 18.1 Å². The summed E-state index contributed by atoms with van der Waals surface area (Å²) in [5.41, 5.74) is 0. The number of hydrogen-bond donors (Lipinski definition) is 1. The van der Waals surface area contributed by atoms with E-state index in [1.807, 2.05) is 0 Å². The normalized spacial score (nSPS) is 14.1. The number of rotatable bonds is 3. The van der Waals surface area contributed by atoms with Crippen molar-refractivity contribution in [2.45, 2.75) is 19.8 Å². The third-order valence-electron chi connectivity index (χ3n) is 1.01. The van der Waals surface area contributed by atoms with Crippen LogP contribution in [0.25, 0.3) is 0 Å². The van der Waals surface area contributed by atoms with E-state index in [-0.39, 0.29) is 0 Å². The molecule has 0 saturated carbocycles. The smallest absolute Gasteiger partial charge is 0.00721 e. The highest BCUT2D eigenvalue weighted by molar-refractivity contribution is 7.80. The minimum atomic E-state index is 0.751. The summed E-state index contributed by atoms with van der Waals surface area (Å²) < 4.78 is 0. The van der Waals surface area contributed by atoms with Gasteiger partial charge in [0.25, 0.3) is 0 Å². The second-order valence-electron chi connectivity index (χ2n) is 1.93. The fraction of sp³-hybridized carbons (Fsp3) is 0.833. The molecule has 0 N–H and O–H groups in total. The topological polar surface area (TPSA) is 0 Å². The first-order valence-electron chi connectivity index (χ1n) is 2.71. The van der Waals surface area contributed by atoms with Crippen LogP contribution in [0.1, 0.15) is 19.8 Å². The van der Waals surface area contributed by atoms with E-state index in [0.29, 0.717) is 0 Å². The first-order valence-corrected chi connectivity index (χ1v) is 3.34. The summed E-state index contributed by atoms with van der Waals surface area (Å²) in [4.78, 5) is 0.